The first-order valence-corrected chi connectivity index (χ1v) is 14.0. The van der Waals surface area contributed by atoms with Crippen molar-refractivity contribution in [2.75, 3.05) is 0 Å². The number of hydrogen-bond donors (Lipinski definition) is 1. The molecule has 39 heavy (non-hydrogen) atoms. The molecule has 0 aliphatic heterocycles. The second kappa shape index (κ2) is 15.1. The SMILES string of the molecule is CCC(CC)C(=O)/C=C(\O)C(CC)CC.Cc1[c-]c(-c2nccc3c2ccc2c(C)cccc23)cc(C)c1.[Ir]. The Morgan fingerprint density at radius 1 is 0.846 bits per heavy atom. The Hall–Kier alpha value is -2.81. The smallest absolute Gasteiger partial charge is 0.162 e. The summed E-state index contributed by atoms with van der Waals surface area (Å²) < 4.78 is 0. The summed E-state index contributed by atoms with van der Waals surface area (Å²) in [5, 5.41) is 14.8. The number of allylic oxidation sites excluding steroid dienone is 2. The number of nitrogens with zero attached hydrogens (tertiary/aromatic N) is 1. The average molecular weight is 701 g/mol. The van der Waals surface area contributed by atoms with Crippen LogP contribution in [0.25, 0.3) is 32.8 Å². The number of aryl methyl sites for hydroxylation is 3. The summed E-state index contributed by atoms with van der Waals surface area (Å²) in [5.41, 5.74) is 5.78. The molecule has 1 N–H and O–H groups in total. The Balaban J connectivity index is 0.000000294. The van der Waals surface area contributed by atoms with Gasteiger partial charge in [-0.2, -0.15) is 0 Å². The molecular weight excluding hydrogens is 659 g/mol. The Morgan fingerprint density at radius 3 is 2.08 bits per heavy atom. The van der Waals surface area contributed by atoms with Crippen molar-refractivity contribution >= 4 is 27.3 Å². The number of aliphatic hydroxyl groups is 1. The first-order valence-electron chi connectivity index (χ1n) is 14.0. The molecule has 0 amide bonds. The second-order valence-electron chi connectivity index (χ2n) is 10.2. The van der Waals surface area contributed by atoms with Crippen molar-refractivity contribution < 1.29 is 30.0 Å². The van der Waals surface area contributed by atoms with E-state index in [1.54, 1.807) is 0 Å². The predicted molar refractivity (Wildman–Crippen MR) is 162 cm³/mol. The van der Waals surface area contributed by atoms with Gasteiger partial charge in [0.05, 0.1) is 5.76 Å². The van der Waals surface area contributed by atoms with Gasteiger partial charge in [0.1, 0.15) is 0 Å². The van der Waals surface area contributed by atoms with E-state index in [1.807, 2.05) is 33.9 Å². The second-order valence-corrected chi connectivity index (χ2v) is 10.2. The largest absolute Gasteiger partial charge is 0.512 e. The Kier molecular flexibility index (Phi) is 12.5. The Labute approximate surface area is 248 Å². The van der Waals surface area contributed by atoms with Crippen LogP contribution in [0.5, 0.6) is 0 Å². The normalized spacial score (nSPS) is 11.5. The quantitative estimate of drug-likeness (QED) is 0.0862. The molecule has 0 saturated carbocycles. The third kappa shape index (κ3) is 7.87. The van der Waals surface area contributed by atoms with Gasteiger partial charge in [0.2, 0.25) is 0 Å². The molecule has 0 spiro atoms. The molecule has 4 rings (SSSR count). The molecule has 0 atom stereocenters. The Bertz CT molecular complexity index is 1410. The monoisotopic (exact) mass is 701 g/mol. The molecule has 3 nitrogen and oxygen atoms in total. The van der Waals surface area contributed by atoms with Crippen molar-refractivity contribution in [2.24, 2.45) is 11.8 Å². The van der Waals surface area contributed by atoms with Gasteiger partial charge in [-0.3, -0.25) is 4.79 Å². The minimum atomic E-state index is 0. The standard InChI is InChI=1S/C22H18N.C13H24O2.Ir/c1-14-11-15(2)13-17(12-14)22-21-8-7-18-16(3)5-4-6-19(18)20(21)9-10-23-22;1-5-10(6-2)12(14)9-13(15)11(7-3)8-4;/h4-12H,1-3H3;9-11,14H,5-8H2,1-4H3;/q-1;;/b;12-9-;. The van der Waals surface area contributed by atoms with E-state index in [-0.39, 0.29) is 43.5 Å². The third-order valence-electron chi connectivity index (χ3n) is 7.51. The summed E-state index contributed by atoms with van der Waals surface area (Å²) in [4.78, 5) is 16.4. The minimum Gasteiger partial charge on any atom is -0.512 e. The molecule has 4 aromatic rings. The van der Waals surface area contributed by atoms with Crippen LogP contribution in [0, 0.1) is 38.7 Å². The van der Waals surface area contributed by atoms with E-state index in [2.05, 4.69) is 80.4 Å². The summed E-state index contributed by atoms with van der Waals surface area (Å²) in [5.74, 6) is 0.547. The number of fused-ring (bicyclic) bond motifs is 3. The predicted octanol–water partition coefficient (Wildman–Crippen LogP) is 9.65. The maximum Gasteiger partial charge on any atom is 0.162 e. The van der Waals surface area contributed by atoms with E-state index < -0.39 is 0 Å². The number of aromatic nitrogens is 1. The van der Waals surface area contributed by atoms with E-state index in [4.69, 9.17) is 0 Å². The van der Waals surface area contributed by atoms with E-state index >= 15 is 0 Å². The van der Waals surface area contributed by atoms with Gasteiger partial charge in [-0.25, -0.2) is 0 Å². The van der Waals surface area contributed by atoms with Crippen LogP contribution in [0.4, 0.5) is 0 Å². The number of ketones is 1. The van der Waals surface area contributed by atoms with Gasteiger partial charge in [-0.15, -0.1) is 34.9 Å². The fourth-order valence-electron chi connectivity index (χ4n) is 5.20. The third-order valence-corrected chi connectivity index (χ3v) is 7.51. The van der Waals surface area contributed by atoms with Crippen LogP contribution in [0.2, 0.25) is 0 Å². The molecule has 0 bridgehead atoms. The molecule has 3 aromatic carbocycles. The number of aliphatic hydroxyl groups excluding tert-OH is 1. The first kappa shape index (κ1) is 32.4. The molecule has 1 radical (unpaired) electrons. The zero-order valence-electron chi connectivity index (χ0n) is 24.4. The number of carbonyl (C=O) groups excluding carboxylic acids is 1. The number of carbonyl (C=O) groups is 1. The summed E-state index contributed by atoms with van der Waals surface area (Å²) in [6.07, 6.45) is 6.81. The van der Waals surface area contributed by atoms with E-state index in [0.29, 0.717) is 0 Å². The van der Waals surface area contributed by atoms with Crippen LogP contribution in [-0.4, -0.2) is 15.9 Å². The van der Waals surface area contributed by atoms with Gasteiger partial charge >= 0.3 is 0 Å². The van der Waals surface area contributed by atoms with Crippen LogP contribution in [0.1, 0.15) is 70.1 Å². The zero-order chi connectivity index (χ0) is 27.8. The van der Waals surface area contributed by atoms with Crippen LogP contribution in [0.3, 0.4) is 0 Å². The molecule has 0 aliphatic carbocycles. The number of pyridine rings is 1. The molecule has 4 heteroatoms. The van der Waals surface area contributed by atoms with Gasteiger partial charge in [0.25, 0.3) is 0 Å². The van der Waals surface area contributed by atoms with Crippen molar-refractivity contribution in [1.82, 2.24) is 4.98 Å². The van der Waals surface area contributed by atoms with Crippen molar-refractivity contribution in [3.05, 3.63) is 89.3 Å². The van der Waals surface area contributed by atoms with Crippen LogP contribution < -0.4 is 0 Å². The summed E-state index contributed by atoms with van der Waals surface area (Å²) in [6.45, 7) is 14.4. The fraction of sp³-hybridized carbons (Fsp3) is 0.371. The average Bonchev–Trinajstić information content (AvgIpc) is 2.89. The molecule has 1 heterocycles. The zero-order valence-corrected chi connectivity index (χ0v) is 26.8. The first-order chi connectivity index (χ1) is 18.2. The van der Waals surface area contributed by atoms with E-state index in [1.165, 1.54) is 38.7 Å². The van der Waals surface area contributed by atoms with Crippen LogP contribution >= 0.6 is 0 Å². The van der Waals surface area contributed by atoms with Crippen molar-refractivity contribution in [1.29, 1.82) is 0 Å². The van der Waals surface area contributed by atoms with Gasteiger partial charge in [-0.05, 0) is 71.5 Å². The molecule has 0 saturated heterocycles. The van der Waals surface area contributed by atoms with Crippen molar-refractivity contribution in [3.8, 4) is 11.3 Å². The summed E-state index contributed by atoms with van der Waals surface area (Å²) >= 11 is 0. The molecular formula is C35H42IrNO2-. The maximum atomic E-state index is 11.7. The number of benzene rings is 3. The summed E-state index contributed by atoms with van der Waals surface area (Å²) in [7, 11) is 0. The summed E-state index contributed by atoms with van der Waals surface area (Å²) in [6, 6.07) is 20.8. The van der Waals surface area contributed by atoms with Gasteiger partial charge in [-0.1, -0.05) is 71.9 Å². The van der Waals surface area contributed by atoms with Crippen molar-refractivity contribution in [2.45, 2.75) is 74.1 Å². The van der Waals surface area contributed by atoms with Gasteiger partial charge in [0, 0.05) is 44.2 Å². The molecule has 209 valence electrons. The fourth-order valence-corrected chi connectivity index (χ4v) is 5.20. The molecule has 0 fully saturated rings. The minimum absolute atomic E-state index is 0. The number of rotatable bonds is 8. The van der Waals surface area contributed by atoms with Gasteiger partial charge < -0.3 is 10.1 Å². The van der Waals surface area contributed by atoms with Crippen LogP contribution in [-0.2, 0) is 24.9 Å². The van der Waals surface area contributed by atoms with Crippen molar-refractivity contribution in [3.63, 3.8) is 0 Å². The maximum absolute atomic E-state index is 11.7. The molecule has 0 unspecified atom stereocenters. The Morgan fingerprint density at radius 2 is 1.46 bits per heavy atom. The van der Waals surface area contributed by atoms with Crippen LogP contribution in [0.15, 0.2) is 66.6 Å². The van der Waals surface area contributed by atoms with Gasteiger partial charge in [0.15, 0.2) is 5.78 Å². The molecule has 0 aliphatic rings. The molecule has 1 aromatic heterocycles. The van der Waals surface area contributed by atoms with E-state index in [9.17, 15) is 9.90 Å². The topological polar surface area (TPSA) is 50.2 Å². The van der Waals surface area contributed by atoms with E-state index in [0.717, 1.165) is 42.5 Å². The number of hydrogen-bond acceptors (Lipinski definition) is 3.